The van der Waals surface area contributed by atoms with E-state index in [1.54, 1.807) is 29.4 Å². The highest BCUT2D eigenvalue weighted by Gasteiger charge is 2.20. The lowest BCUT2D eigenvalue weighted by Gasteiger charge is -2.32. The molecule has 2 heterocycles. The Morgan fingerprint density at radius 1 is 1.10 bits per heavy atom. The van der Waals surface area contributed by atoms with Crippen LogP contribution >= 0.6 is 0 Å². The molecule has 0 radical (unpaired) electrons. The van der Waals surface area contributed by atoms with Gasteiger partial charge in [-0.2, -0.15) is 0 Å². The van der Waals surface area contributed by atoms with Crippen molar-refractivity contribution in [1.29, 1.82) is 0 Å². The Hall–Kier alpha value is -3.25. The molecule has 5 nitrogen and oxygen atoms in total. The number of carbonyl (C=O) groups excluding carboxylic acids is 1. The van der Waals surface area contributed by atoms with Gasteiger partial charge in [0.25, 0.3) is 0 Å². The van der Waals surface area contributed by atoms with Gasteiger partial charge in [0.2, 0.25) is 6.41 Å². The van der Waals surface area contributed by atoms with E-state index in [4.69, 9.17) is 4.74 Å². The van der Waals surface area contributed by atoms with E-state index in [1.165, 1.54) is 6.07 Å². The molecule has 1 aromatic heterocycles. The van der Waals surface area contributed by atoms with Crippen LogP contribution in [0.4, 0.5) is 4.39 Å². The zero-order valence-corrected chi connectivity index (χ0v) is 16.1. The Morgan fingerprint density at radius 3 is 2.62 bits per heavy atom. The van der Waals surface area contributed by atoms with Crippen molar-refractivity contribution in [3.8, 4) is 16.9 Å². The van der Waals surface area contributed by atoms with Crippen LogP contribution in [0.1, 0.15) is 0 Å². The van der Waals surface area contributed by atoms with Crippen LogP contribution in [-0.4, -0.2) is 48.6 Å². The first-order valence-electron chi connectivity index (χ1n) is 9.52. The van der Waals surface area contributed by atoms with Gasteiger partial charge in [-0.3, -0.25) is 9.78 Å². The maximum Gasteiger partial charge on any atom is 0.210 e. The average Bonchev–Trinajstić information content (AvgIpc) is 2.80. The Bertz CT molecular complexity index is 878. The molecule has 0 aliphatic carbocycles. The van der Waals surface area contributed by atoms with E-state index < -0.39 is 0 Å². The lowest BCUT2D eigenvalue weighted by atomic mass is 10.1. The minimum absolute atomic E-state index is 0.103. The molecule has 1 atom stereocenters. The lowest BCUT2D eigenvalue weighted by molar-refractivity contribution is -0.121. The number of aromatic nitrogens is 1. The van der Waals surface area contributed by atoms with Gasteiger partial charge in [-0.25, -0.2) is 4.39 Å². The molecule has 150 valence electrons. The Morgan fingerprint density at radius 2 is 1.90 bits per heavy atom. The van der Waals surface area contributed by atoms with E-state index >= 15 is 0 Å². The predicted octanol–water partition coefficient (Wildman–Crippen LogP) is 3.38. The molecule has 1 aliphatic heterocycles. The van der Waals surface area contributed by atoms with Gasteiger partial charge in [-0.05, 0) is 23.8 Å². The number of nitrogens with zero attached hydrogens (tertiary/aromatic N) is 2. The molecule has 6 heteroatoms. The highest BCUT2D eigenvalue weighted by molar-refractivity contribution is 5.63. The number of pyridine rings is 1. The highest BCUT2D eigenvalue weighted by Crippen LogP contribution is 2.21. The number of rotatable bonds is 5. The van der Waals surface area contributed by atoms with Gasteiger partial charge in [-0.1, -0.05) is 48.5 Å². The fourth-order valence-corrected chi connectivity index (χ4v) is 3.01. The van der Waals surface area contributed by atoms with E-state index in [-0.39, 0.29) is 11.9 Å². The number of hydrogen-bond donors (Lipinski definition) is 1. The highest BCUT2D eigenvalue weighted by atomic mass is 19.1. The molecule has 1 N–H and O–H groups in total. The van der Waals surface area contributed by atoms with Gasteiger partial charge in [0.15, 0.2) is 0 Å². The van der Waals surface area contributed by atoms with Crippen molar-refractivity contribution in [3.63, 3.8) is 0 Å². The molecule has 29 heavy (non-hydrogen) atoms. The Kier molecular flexibility index (Phi) is 7.72. The summed E-state index contributed by atoms with van der Waals surface area (Å²) in [6, 6.07) is 20.1. The summed E-state index contributed by atoms with van der Waals surface area (Å²) in [5.74, 6) is 0.563. The molecular weight excluding hydrogens is 369 g/mol. The van der Waals surface area contributed by atoms with Crippen LogP contribution in [0.3, 0.4) is 0 Å². The maximum absolute atomic E-state index is 13.3. The molecule has 1 aliphatic rings. The minimum Gasteiger partial charge on any atom is -0.490 e. The van der Waals surface area contributed by atoms with Crippen LogP contribution in [0.15, 0.2) is 79.1 Å². The summed E-state index contributed by atoms with van der Waals surface area (Å²) < 4.78 is 18.8. The summed E-state index contributed by atoms with van der Waals surface area (Å²) in [5.41, 5.74) is 1.57. The van der Waals surface area contributed by atoms with Crippen LogP contribution in [0.5, 0.6) is 5.75 Å². The first-order valence-corrected chi connectivity index (χ1v) is 9.52. The maximum atomic E-state index is 13.3. The van der Waals surface area contributed by atoms with E-state index in [2.05, 4.69) is 10.3 Å². The summed E-state index contributed by atoms with van der Waals surface area (Å²) in [7, 11) is 0. The molecule has 0 spiro atoms. The standard InChI is InChI=1S/C12H9F.C11H15N3O2/c13-12-9-5-4-8-11(12)10-6-2-1-3-7-10;15-9-14-5-4-13-6-10(14)8-16-11-2-1-3-12-7-11/h1-9H;1-3,7,9-10,13H,4-6,8H2. The number of piperazine rings is 1. The lowest BCUT2D eigenvalue weighted by Crippen LogP contribution is -2.53. The van der Waals surface area contributed by atoms with Crippen LogP contribution in [0, 0.1) is 5.82 Å². The van der Waals surface area contributed by atoms with Gasteiger partial charge in [0, 0.05) is 31.4 Å². The zero-order valence-electron chi connectivity index (χ0n) is 16.1. The second-order valence-corrected chi connectivity index (χ2v) is 6.55. The molecule has 1 fully saturated rings. The third-order valence-corrected chi connectivity index (χ3v) is 4.57. The van der Waals surface area contributed by atoms with Gasteiger partial charge in [0.05, 0.1) is 12.2 Å². The van der Waals surface area contributed by atoms with Crippen molar-refractivity contribution in [2.24, 2.45) is 0 Å². The fraction of sp³-hybridized carbons (Fsp3) is 0.217. The largest absolute Gasteiger partial charge is 0.490 e. The SMILES string of the molecule is Fc1ccccc1-c1ccccc1.O=CN1CCNCC1COc1cccnc1. The second-order valence-electron chi connectivity index (χ2n) is 6.55. The second kappa shape index (κ2) is 10.9. The first-order chi connectivity index (χ1) is 14.3. The van der Waals surface area contributed by atoms with Gasteiger partial charge < -0.3 is 15.0 Å². The van der Waals surface area contributed by atoms with E-state index in [1.807, 2.05) is 48.5 Å². The van der Waals surface area contributed by atoms with Crippen molar-refractivity contribution >= 4 is 6.41 Å². The van der Waals surface area contributed by atoms with Crippen LogP contribution in [0.2, 0.25) is 0 Å². The van der Waals surface area contributed by atoms with E-state index in [9.17, 15) is 9.18 Å². The number of halogens is 1. The normalized spacial score (nSPS) is 15.8. The molecule has 0 saturated carbocycles. The Balaban J connectivity index is 0.000000169. The first kappa shape index (κ1) is 20.5. The van der Waals surface area contributed by atoms with Crippen molar-refractivity contribution < 1.29 is 13.9 Å². The monoisotopic (exact) mass is 393 g/mol. The van der Waals surface area contributed by atoms with Crippen LogP contribution < -0.4 is 10.1 Å². The summed E-state index contributed by atoms with van der Waals surface area (Å²) in [6.07, 6.45) is 4.26. The summed E-state index contributed by atoms with van der Waals surface area (Å²) >= 11 is 0. The van der Waals surface area contributed by atoms with E-state index in [0.29, 0.717) is 12.2 Å². The van der Waals surface area contributed by atoms with Gasteiger partial charge in [0.1, 0.15) is 18.2 Å². The van der Waals surface area contributed by atoms with Gasteiger partial charge in [-0.15, -0.1) is 0 Å². The van der Waals surface area contributed by atoms with Crippen molar-refractivity contribution in [3.05, 3.63) is 84.9 Å². The predicted molar refractivity (Wildman–Crippen MR) is 111 cm³/mol. The quantitative estimate of drug-likeness (QED) is 0.675. The Labute approximate surface area is 170 Å². The summed E-state index contributed by atoms with van der Waals surface area (Å²) in [4.78, 5) is 16.5. The minimum atomic E-state index is -0.172. The third kappa shape index (κ3) is 6.12. The number of benzene rings is 2. The van der Waals surface area contributed by atoms with Crippen LogP contribution in [0.25, 0.3) is 11.1 Å². The summed E-state index contributed by atoms with van der Waals surface area (Å²) in [5, 5.41) is 3.24. The van der Waals surface area contributed by atoms with Crippen molar-refractivity contribution in [2.75, 3.05) is 26.2 Å². The molecule has 0 bridgehead atoms. The number of ether oxygens (including phenoxy) is 1. The topological polar surface area (TPSA) is 54.5 Å². The van der Waals surface area contributed by atoms with Crippen LogP contribution in [-0.2, 0) is 4.79 Å². The average molecular weight is 393 g/mol. The molecule has 1 unspecified atom stereocenters. The number of nitrogens with one attached hydrogen (secondary N) is 1. The smallest absolute Gasteiger partial charge is 0.210 e. The molecule has 4 rings (SSSR count). The number of hydrogen-bond acceptors (Lipinski definition) is 4. The fourth-order valence-electron chi connectivity index (χ4n) is 3.01. The molecular formula is C23H24FN3O2. The van der Waals surface area contributed by atoms with Crippen molar-refractivity contribution in [1.82, 2.24) is 15.2 Å². The molecule has 1 amide bonds. The number of amides is 1. The molecule has 3 aromatic rings. The third-order valence-electron chi connectivity index (χ3n) is 4.57. The summed E-state index contributed by atoms with van der Waals surface area (Å²) in [6.45, 7) is 2.86. The van der Waals surface area contributed by atoms with E-state index in [0.717, 1.165) is 37.4 Å². The van der Waals surface area contributed by atoms with Gasteiger partial charge >= 0.3 is 0 Å². The van der Waals surface area contributed by atoms with Crippen molar-refractivity contribution in [2.45, 2.75) is 6.04 Å². The number of carbonyl (C=O) groups is 1. The molecule has 1 saturated heterocycles. The molecule has 2 aromatic carbocycles. The zero-order chi connectivity index (χ0) is 20.3.